The SMILES string of the molecule is C=C(C(=O)O)C1CCC(=CCCC=C(C)CCC=C(C)CCC=C(C)CCC=C(C)C)CO1. The molecule has 1 fully saturated rings. The molecule has 1 unspecified atom stereocenters. The molecule has 3 heteroatoms. The molecule has 0 aromatic rings. The van der Waals surface area contributed by atoms with Gasteiger partial charge in [-0.2, -0.15) is 0 Å². The smallest absolute Gasteiger partial charge is 0.333 e. The minimum atomic E-state index is -0.962. The normalized spacial score (nSPS) is 19.0. The monoisotopic (exact) mass is 454 g/mol. The van der Waals surface area contributed by atoms with Crippen molar-refractivity contribution in [2.45, 2.75) is 105 Å². The van der Waals surface area contributed by atoms with Gasteiger partial charge in [0.25, 0.3) is 0 Å². The van der Waals surface area contributed by atoms with Crippen molar-refractivity contribution >= 4 is 5.97 Å². The van der Waals surface area contributed by atoms with Gasteiger partial charge in [0.1, 0.15) is 0 Å². The van der Waals surface area contributed by atoms with E-state index in [9.17, 15) is 4.79 Å². The van der Waals surface area contributed by atoms with Gasteiger partial charge < -0.3 is 9.84 Å². The summed E-state index contributed by atoms with van der Waals surface area (Å²) >= 11 is 0. The highest BCUT2D eigenvalue weighted by Gasteiger charge is 2.23. The third kappa shape index (κ3) is 13.9. The summed E-state index contributed by atoms with van der Waals surface area (Å²) in [4.78, 5) is 11.0. The van der Waals surface area contributed by atoms with Crippen molar-refractivity contribution in [3.8, 4) is 0 Å². The first-order valence-electron chi connectivity index (χ1n) is 12.5. The lowest BCUT2D eigenvalue weighted by Gasteiger charge is -2.24. The molecule has 0 aliphatic carbocycles. The van der Waals surface area contributed by atoms with E-state index in [1.54, 1.807) is 0 Å². The fraction of sp³-hybridized carbons (Fsp3) is 0.567. The second-order valence-electron chi connectivity index (χ2n) is 9.66. The van der Waals surface area contributed by atoms with Crippen LogP contribution in [-0.2, 0) is 9.53 Å². The molecule has 0 radical (unpaired) electrons. The summed E-state index contributed by atoms with van der Waals surface area (Å²) in [6.07, 6.45) is 21.9. The number of ether oxygens (including phenoxy) is 1. The number of hydrogen-bond acceptors (Lipinski definition) is 2. The fourth-order valence-corrected chi connectivity index (χ4v) is 3.86. The number of unbranched alkanes of at least 4 members (excludes halogenated alkanes) is 1. The fourth-order valence-electron chi connectivity index (χ4n) is 3.86. The van der Waals surface area contributed by atoms with Crippen molar-refractivity contribution in [1.82, 2.24) is 0 Å². The van der Waals surface area contributed by atoms with Gasteiger partial charge in [0, 0.05) is 0 Å². The van der Waals surface area contributed by atoms with Crippen LogP contribution in [0.1, 0.15) is 98.8 Å². The van der Waals surface area contributed by atoms with E-state index in [1.165, 1.54) is 34.3 Å². The van der Waals surface area contributed by atoms with Gasteiger partial charge in [0.15, 0.2) is 0 Å². The Labute approximate surface area is 202 Å². The maximum absolute atomic E-state index is 11.0. The Morgan fingerprint density at radius 1 is 0.879 bits per heavy atom. The molecule has 1 N–H and O–H groups in total. The Balaban J connectivity index is 2.23. The van der Waals surface area contributed by atoms with E-state index >= 15 is 0 Å². The molecular formula is C30H46O3. The minimum absolute atomic E-state index is 0.165. The topological polar surface area (TPSA) is 46.5 Å². The van der Waals surface area contributed by atoms with E-state index in [2.05, 4.69) is 71.6 Å². The van der Waals surface area contributed by atoms with E-state index in [-0.39, 0.29) is 11.7 Å². The molecule has 1 saturated heterocycles. The lowest BCUT2D eigenvalue weighted by molar-refractivity contribution is -0.134. The highest BCUT2D eigenvalue weighted by Crippen LogP contribution is 2.23. The van der Waals surface area contributed by atoms with Crippen LogP contribution >= 0.6 is 0 Å². The van der Waals surface area contributed by atoms with Gasteiger partial charge in [-0.15, -0.1) is 0 Å². The first-order chi connectivity index (χ1) is 15.7. The Bertz CT molecular complexity index is 775. The third-order valence-electron chi connectivity index (χ3n) is 6.11. The Hall–Kier alpha value is -2.13. The molecule has 3 nitrogen and oxygen atoms in total. The number of aliphatic carboxylic acids is 1. The largest absolute Gasteiger partial charge is 0.478 e. The lowest BCUT2D eigenvalue weighted by Crippen LogP contribution is -2.26. The zero-order valence-electron chi connectivity index (χ0n) is 21.7. The first-order valence-corrected chi connectivity index (χ1v) is 12.5. The van der Waals surface area contributed by atoms with Crippen molar-refractivity contribution in [3.05, 3.63) is 70.4 Å². The molecule has 1 aliphatic rings. The second-order valence-corrected chi connectivity index (χ2v) is 9.66. The number of carbonyl (C=O) groups is 1. The molecule has 1 heterocycles. The molecule has 0 bridgehead atoms. The van der Waals surface area contributed by atoms with Gasteiger partial charge in [-0.1, -0.05) is 59.3 Å². The predicted octanol–water partition coefficient (Wildman–Crippen LogP) is 8.66. The molecule has 0 aromatic heterocycles. The van der Waals surface area contributed by atoms with Gasteiger partial charge in [0.05, 0.1) is 18.3 Å². The van der Waals surface area contributed by atoms with Crippen molar-refractivity contribution < 1.29 is 14.6 Å². The summed E-state index contributed by atoms with van der Waals surface area (Å²) in [7, 11) is 0. The molecule has 0 spiro atoms. The molecule has 1 rings (SSSR count). The van der Waals surface area contributed by atoms with Crippen molar-refractivity contribution in [3.63, 3.8) is 0 Å². The van der Waals surface area contributed by atoms with Crippen LogP contribution in [0.15, 0.2) is 70.4 Å². The maximum Gasteiger partial charge on any atom is 0.333 e. The summed E-state index contributed by atoms with van der Waals surface area (Å²) in [5.41, 5.74) is 7.28. The maximum atomic E-state index is 11.0. The zero-order valence-corrected chi connectivity index (χ0v) is 21.7. The number of allylic oxidation sites excluding steroid dienone is 9. The Morgan fingerprint density at radius 3 is 1.85 bits per heavy atom. The zero-order chi connectivity index (χ0) is 24.6. The quantitative estimate of drug-likeness (QED) is 0.162. The molecule has 184 valence electrons. The van der Waals surface area contributed by atoms with Gasteiger partial charge >= 0.3 is 5.97 Å². The summed E-state index contributed by atoms with van der Waals surface area (Å²) in [6, 6.07) is 0. The molecule has 0 saturated carbocycles. The standard InChI is InChI=1S/C30H46O3/c1-23(2)12-9-14-25(4)16-11-18-26(5)17-10-15-24(3)13-7-8-19-28-20-21-29(33-22-28)27(6)30(31)32/h12-13,16-17,19,29H,6-11,14-15,18,20-22H2,1-5H3,(H,31,32). The van der Waals surface area contributed by atoms with Crippen LogP contribution in [0.3, 0.4) is 0 Å². The van der Waals surface area contributed by atoms with Crippen LogP contribution in [0.4, 0.5) is 0 Å². The average molecular weight is 455 g/mol. The van der Waals surface area contributed by atoms with Crippen LogP contribution < -0.4 is 0 Å². The van der Waals surface area contributed by atoms with Crippen molar-refractivity contribution in [1.29, 1.82) is 0 Å². The summed E-state index contributed by atoms with van der Waals surface area (Å²) in [6.45, 7) is 15.2. The number of hydrogen-bond donors (Lipinski definition) is 1. The highest BCUT2D eigenvalue weighted by molar-refractivity contribution is 5.86. The number of carboxylic acid groups (broad SMARTS) is 1. The Kier molecular flexibility index (Phi) is 14.4. The van der Waals surface area contributed by atoms with Gasteiger partial charge in [-0.25, -0.2) is 4.79 Å². The van der Waals surface area contributed by atoms with Crippen molar-refractivity contribution in [2.24, 2.45) is 0 Å². The minimum Gasteiger partial charge on any atom is -0.478 e. The lowest BCUT2D eigenvalue weighted by atomic mass is 9.98. The van der Waals surface area contributed by atoms with E-state index in [4.69, 9.17) is 9.84 Å². The van der Waals surface area contributed by atoms with E-state index in [0.717, 1.165) is 51.4 Å². The van der Waals surface area contributed by atoms with Crippen LogP contribution in [0.25, 0.3) is 0 Å². The average Bonchev–Trinajstić information content (AvgIpc) is 2.76. The highest BCUT2D eigenvalue weighted by atomic mass is 16.5. The molecule has 0 aromatic carbocycles. The van der Waals surface area contributed by atoms with Crippen LogP contribution in [0, 0.1) is 0 Å². The second kappa shape index (κ2) is 16.5. The van der Waals surface area contributed by atoms with Crippen molar-refractivity contribution in [2.75, 3.05) is 6.61 Å². The van der Waals surface area contributed by atoms with Crippen LogP contribution in [0.2, 0.25) is 0 Å². The molecule has 1 aliphatic heterocycles. The third-order valence-corrected chi connectivity index (χ3v) is 6.11. The van der Waals surface area contributed by atoms with E-state index in [0.29, 0.717) is 13.0 Å². The first kappa shape index (κ1) is 28.9. The van der Waals surface area contributed by atoms with Gasteiger partial charge in [-0.3, -0.25) is 0 Å². The van der Waals surface area contributed by atoms with Crippen LogP contribution in [0.5, 0.6) is 0 Å². The number of rotatable bonds is 14. The van der Waals surface area contributed by atoms with Crippen LogP contribution in [-0.4, -0.2) is 23.8 Å². The summed E-state index contributed by atoms with van der Waals surface area (Å²) in [5.74, 6) is -0.962. The van der Waals surface area contributed by atoms with Gasteiger partial charge in [-0.05, 0) is 104 Å². The molecular weight excluding hydrogens is 408 g/mol. The molecule has 0 amide bonds. The molecule has 33 heavy (non-hydrogen) atoms. The summed E-state index contributed by atoms with van der Waals surface area (Å²) < 4.78 is 5.66. The molecule has 1 atom stereocenters. The van der Waals surface area contributed by atoms with Gasteiger partial charge in [0.2, 0.25) is 0 Å². The van der Waals surface area contributed by atoms with E-state index in [1.807, 2.05) is 0 Å². The number of carboxylic acids is 1. The predicted molar refractivity (Wildman–Crippen MR) is 141 cm³/mol. The van der Waals surface area contributed by atoms with E-state index < -0.39 is 5.97 Å². The Morgan fingerprint density at radius 2 is 1.39 bits per heavy atom. The summed E-state index contributed by atoms with van der Waals surface area (Å²) in [5, 5.41) is 9.01.